The fraction of sp³-hybridized carbons (Fsp3) is 0.571. The summed E-state index contributed by atoms with van der Waals surface area (Å²) in [5.74, 6) is 0.943. The van der Waals surface area contributed by atoms with E-state index in [0.717, 1.165) is 41.8 Å². The van der Waals surface area contributed by atoms with E-state index in [4.69, 9.17) is 4.98 Å². The highest BCUT2D eigenvalue weighted by Crippen LogP contribution is 2.34. The molecule has 0 radical (unpaired) electrons. The number of hydrogen-bond donors (Lipinski definition) is 0. The summed E-state index contributed by atoms with van der Waals surface area (Å²) in [5, 5.41) is 0.821. The number of amides is 1. The number of rotatable bonds is 5. The quantitative estimate of drug-likeness (QED) is 0.724. The molecule has 0 bridgehead atoms. The van der Waals surface area contributed by atoms with Gasteiger partial charge in [-0.05, 0) is 37.7 Å². The molecule has 6 nitrogen and oxygen atoms in total. The van der Waals surface area contributed by atoms with Crippen molar-refractivity contribution in [1.29, 1.82) is 0 Å². The number of carbonyl (C=O) groups is 1. The predicted octanol–water partition coefficient (Wildman–Crippen LogP) is 2.97. The number of hydrogen-bond acceptors (Lipinski definition) is 5. The van der Waals surface area contributed by atoms with Crippen LogP contribution < -0.4 is 10.5 Å². The van der Waals surface area contributed by atoms with Crippen molar-refractivity contribution in [1.82, 2.24) is 14.5 Å². The fourth-order valence-electron chi connectivity index (χ4n) is 4.29. The highest BCUT2D eigenvalue weighted by Gasteiger charge is 2.26. The molecule has 0 aromatic carbocycles. The third-order valence-corrected chi connectivity index (χ3v) is 6.93. The average Bonchev–Trinajstić information content (AvgIpc) is 3.09. The van der Waals surface area contributed by atoms with Gasteiger partial charge in [0, 0.05) is 44.0 Å². The minimum absolute atomic E-state index is 0.0591. The zero-order valence-electron chi connectivity index (χ0n) is 16.6. The summed E-state index contributed by atoms with van der Waals surface area (Å²) in [6, 6.07) is 0. The van der Waals surface area contributed by atoms with Crippen LogP contribution in [0.15, 0.2) is 17.4 Å². The first-order valence-electron chi connectivity index (χ1n) is 10.3. The van der Waals surface area contributed by atoms with Gasteiger partial charge in [0.15, 0.2) is 0 Å². The van der Waals surface area contributed by atoms with Gasteiger partial charge in [-0.3, -0.25) is 14.2 Å². The van der Waals surface area contributed by atoms with Gasteiger partial charge in [-0.1, -0.05) is 13.0 Å². The monoisotopic (exact) mass is 400 g/mol. The molecule has 2 aromatic heterocycles. The SMILES string of the molecule is C=CCn1c(N2CCN(C(=O)CCC)CC2)nc2sc3c(c2c1=O)CCCC3. The number of allylic oxidation sites excluding steroid dienone is 1. The number of nitrogens with zero attached hydrogens (tertiary/aromatic N) is 4. The van der Waals surface area contributed by atoms with Gasteiger partial charge >= 0.3 is 0 Å². The van der Waals surface area contributed by atoms with E-state index in [2.05, 4.69) is 11.5 Å². The van der Waals surface area contributed by atoms with Gasteiger partial charge in [-0.25, -0.2) is 4.98 Å². The Bertz CT molecular complexity index is 953. The summed E-state index contributed by atoms with van der Waals surface area (Å²) in [7, 11) is 0. The zero-order chi connectivity index (χ0) is 19.7. The Kier molecular flexibility index (Phi) is 5.53. The summed E-state index contributed by atoms with van der Waals surface area (Å²) in [6.45, 7) is 9.10. The van der Waals surface area contributed by atoms with E-state index >= 15 is 0 Å². The van der Waals surface area contributed by atoms with Crippen LogP contribution in [0.25, 0.3) is 10.2 Å². The third kappa shape index (κ3) is 3.36. The van der Waals surface area contributed by atoms with Crippen molar-refractivity contribution in [2.75, 3.05) is 31.1 Å². The van der Waals surface area contributed by atoms with Crippen LogP contribution in [0.1, 0.15) is 43.0 Å². The average molecular weight is 401 g/mol. The number of aryl methyl sites for hydroxylation is 2. The molecule has 0 atom stereocenters. The van der Waals surface area contributed by atoms with Crippen molar-refractivity contribution in [3.63, 3.8) is 0 Å². The summed E-state index contributed by atoms with van der Waals surface area (Å²) in [4.78, 5) is 36.8. The van der Waals surface area contributed by atoms with Gasteiger partial charge in [0.1, 0.15) is 4.83 Å². The van der Waals surface area contributed by atoms with Crippen LogP contribution >= 0.6 is 11.3 Å². The van der Waals surface area contributed by atoms with Crippen molar-refractivity contribution in [2.24, 2.45) is 0 Å². The lowest BCUT2D eigenvalue weighted by atomic mass is 9.97. The molecular weight excluding hydrogens is 372 g/mol. The smallest absolute Gasteiger partial charge is 0.264 e. The Hall–Kier alpha value is -2.15. The van der Waals surface area contributed by atoms with Crippen LogP contribution in [0.4, 0.5) is 5.95 Å². The first-order chi connectivity index (χ1) is 13.6. The normalized spacial score (nSPS) is 17.0. The second-order valence-electron chi connectivity index (χ2n) is 7.63. The van der Waals surface area contributed by atoms with E-state index in [-0.39, 0.29) is 11.5 Å². The second-order valence-corrected chi connectivity index (χ2v) is 8.71. The molecule has 0 spiro atoms. The van der Waals surface area contributed by atoms with E-state index in [9.17, 15) is 9.59 Å². The molecule has 0 saturated carbocycles. The minimum Gasteiger partial charge on any atom is -0.339 e. The molecule has 1 amide bonds. The third-order valence-electron chi connectivity index (χ3n) is 5.75. The molecule has 2 aromatic rings. The number of piperazine rings is 1. The predicted molar refractivity (Wildman–Crippen MR) is 114 cm³/mol. The van der Waals surface area contributed by atoms with E-state index in [1.807, 2.05) is 11.8 Å². The topological polar surface area (TPSA) is 58.4 Å². The first kappa shape index (κ1) is 19.2. The molecule has 28 heavy (non-hydrogen) atoms. The lowest BCUT2D eigenvalue weighted by Gasteiger charge is -2.36. The zero-order valence-corrected chi connectivity index (χ0v) is 17.4. The lowest BCUT2D eigenvalue weighted by Crippen LogP contribution is -2.50. The van der Waals surface area contributed by atoms with Crippen molar-refractivity contribution >= 4 is 33.4 Å². The van der Waals surface area contributed by atoms with Crippen LogP contribution in [0.2, 0.25) is 0 Å². The summed E-state index contributed by atoms with van der Waals surface area (Å²) >= 11 is 1.69. The highest BCUT2D eigenvalue weighted by molar-refractivity contribution is 7.18. The number of anilines is 1. The molecule has 0 unspecified atom stereocenters. The van der Waals surface area contributed by atoms with Crippen molar-refractivity contribution in [3.05, 3.63) is 33.4 Å². The number of thiophene rings is 1. The summed E-state index contributed by atoms with van der Waals surface area (Å²) in [5.41, 5.74) is 1.28. The Morgan fingerprint density at radius 3 is 2.68 bits per heavy atom. The van der Waals surface area contributed by atoms with E-state index in [1.165, 1.54) is 16.9 Å². The second kappa shape index (κ2) is 8.07. The molecule has 1 aliphatic carbocycles. The summed E-state index contributed by atoms with van der Waals surface area (Å²) in [6.07, 6.45) is 7.63. The van der Waals surface area contributed by atoms with Crippen molar-refractivity contribution < 1.29 is 4.79 Å². The van der Waals surface area contributed by atoms with Crippen LogP contribution in [-0.2, 0) is 24.2 Å². The van der Waals surface area contributed by atoms with Crippen LogP contribution in [0, 0.1) is 0 Å². The molecule has 150 valence electrons. The van der Waals surface area contributed by atoms with Crippen LogP contribution in [0.5, 0.6) is 0 Å². The van der Waals surface area contributed by atoms with E-state index < -0.39 is 0 Å². The molecule has 7 heteroatoms. The standard InChI is InChI=1S/C21H28N4O2S/c1-3-7-17(26)23-11-13-24(14-12-23)21-22-19-18(20(27)25(21)10-4-2)15-8-5-6-9-16(15)28-19/h4H,2-3,5-14H2,1H3. The molecular formula is C21H28N4O2S. The van der Waals surface area contributed by atoms with Gasteiger partial charge in [-0.15, -0.1) is 17.9 Å². The number of carbonyl (C=O) groups excluding carboxylic acids is 1. The maximum atomic E-state index is 13.4. The van der Waals surface area contributed by atoms with Gasteiger partial charge in [0.2, 0.25) is 11.9 Å². The molecule has 1 aliphatic heterocycles. The Morgan fingerprint density at radius 2 is 1.96 bits per heavy atom. The Morgan fingerprint density at radius 1 is 1.21 bits per heavy atom. The molecule has 0 N–H and O–H groups in total. The van der Waals surface area contributed by atoms with Crippen molar-refractivity contribution in [3.8, 4) is 0 Å². The van der Waals surface area contributed by atoms with Gasteiger partial charge in [0.25, 0.3) is 5.56 Å². The van der Waals surface area contributed by atoms with Crippen LogP contribution in [0.3, 0.4) is 0 Å². The minimum atomic E-state index is 0.0591. The number of aromatic nitrogens is 2. The maximum absolute atomic E-state index is 13.4. The molecule has 1 saturated heterocycles. The fourth-order valence-corrected chi connectivity index (χ4v) is 5.54. The molecule has 1 fully saturated rings. The van der Waals surface area contributed by atoms with Gasteiger partial charge < -0.3 is 9.80 Å². The Balaban J connectivity index is 1.69. The first-order valence-corrected chi connectivity index (χ1v) is 11.1. The highest BCUT2D eigenvalue weighted by atomic mass is 32.1. The lowest BCUT2D eigenvalue weighted by molar-refractivity contribution is -0.131. The van der Waals surface area contributed by atoms with E-state index in [0.29, 0.717) is 39.1 Å². The summed E-state index contributed by atoms with van der Waals surface area (Å²) < 4.78 is 1.76. The van der Waals surface area contributed by atoms with Gasteiger partial charge in [0.05, 0.1) is 5.39 Å². The molecule has 2 aliphatic rings. The molecule has 3 heterocycles. The Labute approximate surface area is 169 Å². The van der Waals surface area contributed by atoms with E-state index in [1.54, 1.807) is 22.0 Å². The van der Waals surface area contributed by atoms with Gasteiger partial charge in [-0.2, -0.15) is 0 Å². The largest absolute Gasteiger partial charge is 0.339 e. The maximum Gasteiger partial charge on any atom is 0.264 e. The number of fused-ring (bicyclic) bond motifs is 3. The van der Waals surface area contributed by atoms with Crippen molar-refractivity contribution in [2.45, 2.75) is 52.0 Å². The molecule has 4 rings (SSSR count). The van der Waals surface area contributed by atoms with Crippen LogP contribution in [-0.4, -0.2) is 46.5 Å².